The molecule has 0 fully saturated rings. The van der Waals surface area contributed by atoms with Gasteiger partial charge in [0.25, 0.3) is 0 Å². The number of carbonyl (C=O) groups excluding carboxylic acids is 1. The number of aryl methyl sites for hydroxylation is 2. The maximum absolute atomic E-state index is 12.1. The molecule has 1 N–H and O–H groups in total. The number of methoxy groups -OCH3 is 1. The van der Waals surface area contributed by atoms with Gasteiger partial charge in [0, 0.05) is 41.6 Å². The Morgan fingerprint density at radius 3 is 2.88 bits per heavy atom. The molecule has 0 atom stereocenters. The molecule has 3 rings (SSSR count). The summed E-state index contributed by atoms with van der Waals surface area (Å²) in [5, 5.41) is 4.09. The van der Waals surface area contributed by atoms with Crippen molar-refractivity contribution in [3.8, 4) is 5.75 Å². The lowest BCUT2D eigenvalue weighted by Crippen LogP contribution is -2.22. The van der Waals surface area contributed by atoms with Crippen LogP contribution in [0, 0.1) is 0 Å². The van der Waals surface area contributed by atoms with Gasteiger partial charge < -0.3 is 14.5 Å². The van der Waals surface area contributed by atoms with E-state index in [4.69, 9.17) is 9.15 Å². The highest BCUT2D eigenvalue weighted by Crippen LogP contribution is 2.37. The van der Waals surface area contributed by atoms with Crippen molar-refractivity contribution in [1.82, 2.24) is 5.32 Å². The molecule has 134 valence electrons. The van der Waals surface area contributed by atoms with Gasteiger partial charge in [-0.2, -0.15) is 0 Å². The lowest BCUT2D eigenvalue weighted by Gasteiger charge is -2.11. The van der Waals surface area contributed by atoms with Crippen LogP contribution in [0.15, 0.2) is 22.6 Å². The first-order valence-electron chi connectivity index (χ1n) is 9.22. The van der Waals surface area contributed by atoms with Gasteiger partial charge in [0.15, 0.2) is 0 Å². The summed E-state index contributed by atoms with van der Waals surface area (Å²) in [4.78, 5) is 12.1. The van der Waals surface area contributed by atoms with E-state index in [1.807, 2.05) is 13.0 Å². The number of amides is 1. The van der Waals surface area contributed by atoms with Gasteiger partial charge in [0.2, 0.25) is 5.91 Å². The fourth-order valence-electron chi connectivity index (χ4n) is 3.48. The first-order chi connectivity index (χ1) is 12.1. The van der Waals surface area contributed by atoms with Gasteiger partial charge >= 0.3 is 0 Å². The quantitative estimate of drug-likeness (QED) is 0.615. The van der Waals surface area contributed by atoms with Crippen LogP contribution in [0.4, 0.5) is 0 Å². The average molecular weight is 341 g/mol. The van der Waals surface area contributed by atoms with Gasteiger partial charge in [-0.15, -0.1) is 0 Å². The highest BCUT2D eigenvalue weighted by molar-refractivity contribution is 5.97. The lowest BCUT2D eigenvalue weighted by molar-refractivity contribution is -0.116. The zero-order valence-corrected chi connectivity index (χ0v) is 15.4. The molecule has 0 saturated heterocycles. The van der Waals surface area contributed by atoms with Crippen molar-refractivity contribution in [3.63, 3.8) is 0 Å². The zero-order chi connectivity index (χ0) is 17.8. The highest BCUT2D eigenvalue weighted by atomic mass is 16.5. The third-order valence-corrected chi connectivity index (χ3v) is 4.88. The molecule has 1 aliphatic rings. The number of rotatable bonds is 6. The number of nitrogens with one attached hydrogen (secondary N) is 1. The maximum Gasteiger partial charge on any atom is 0.244 e. The molecule has 1 aliphatic carbocycles. The second-order valence-electron chi connectivity index (χ2n) is 6.73. The molecular formula is C21H27NO3. The first-order valence-corrected chi connectivity index (χ1v) is 9.22. The molecule has 1 heterocycles. The summed E-state index contributed by atoms with van der Waals surface area (Å²) < 4.78 is 11.6. The third-order valence-electron chi connectivity index (χ3n) is 4.88. The Bertz CT molecular complexity index is 801. The number of hydrogen-bond acceptors (Lipinski definition) is 3. The van der Waals surface area contributed by atoms with Crippen LogP contribution in [0.2, 0.25) is 0 Å². The number of unbranched alkanes of at least 4 members (excludes halogenated alkanes) is 1. The summed E-state index contributed by atoms with van der Waals surface area (Å²) >= 11 is 0. The molecule has 1 aromatic heterocycles. The number of allylic oxidation sites excluding steroid dienone is 1. The van der Waals surface area contributed by atoms with Crippen LogP contribution in [0.5, 0.6) is 5.75 Å². The van der Waals surface area contributed by atoms with E-state index in [0.29, 0.717) is 6.54 Å². The van der Waals surface area contributed by atoms with Crippen molar-refractivity contribution in [2.45, 2.75) is 52.4 Å². The summed E-state index contributed by atoms with van der Waals surface area (Å²) in [7, 11) is 1.65. The van der Waals surface area contributed by atoms with Crippen molar-refractivity contribution in [1.29, 1.82) is 0 Å². The van der Waals surface area contributed by atoms with E-state index in [2.05, 4.69) is 18.3 Å². The van der Waals surface area contributed by atoms with E-state index in [9.17, 15) is 4.79 Å². The SMILES string of the molecule is CCCCNC(=O)/C=C(\C)c1cc2c3c(oc2cc1OC)CCCC3. The molecular weight excluding hydrogens is 314 g/mol. The second-order valence-corrected chi connectivity index (χ2v) is 6.73. The summed E-state index contributed by atoms with van der Waals surface area (Å²) in [5.41, 5.74) is 4.06. The molecule has 4 nitrogen and oxygen atoms in total. The van der Waals surface area contributed by atoms with E-state index in [1.54, 1.807) is 13.2 Å². The molecule has 0 saturated carbocycles. The van der Waals surface area contributed by atoms with E-state index in [0.717, 1.165) is 59.3 Å². The summed E-state index contributed by atoms with van der Waals surface area (Å²) in [6.07, 6.45) is 8.19. The molecule has 0 aliphatic heterocycles. The van der Waals surface area contributed by atoms with Crippen LogP contribution >= 0.6 is 0 Å². The predicted molar refractivity (Wildman–Crippen MR) is 101 cm³/mol. The fraction of sp³-hybridized carbons (Fsp3) is 0.476. The minimum atomic E-state index is -0.0534. The average Bonchev–Trinajstić information content (AvgIpc) is 2.98. The number of furan rings is 1. The van der Waals surface area contributed by atoms with Crippen LogP contribution in [0.3, 0.4) is 0 Å². The van der Waals surface area contributed by atoms with Gasteiger partial charge in [0.05, 0.1) is 7.11 Å². The Morgan fingerprint density at radius 2 is 2.12 bits per heavy atom. The molecule has 4 heteroatoms. The van der Waals surface area contributed by atoms with E-state index < -0.39 is 0 Å². The van der Waals surface area contributed by atoms with Crippen LogP contribution < -0.4 is 10.1 Å². The van der Waals surface area contributed by atoms with Gasteiger partial charge in [-0.3, -0.25) is 4.79 Å². The summed E-state index contributed by atoms with van der Waals surface area (Å²) in [6.45, 7) is 4.78. The molecule has 0 spiro atoms. The van der Waals surface area contributed by atoms with E-state index in [-0.39, 0.29) is 5.91 Å². The normalized spacial score (nSPS) is 14.4. The standard InChI is InChI=1S/C21H27NO3/c1-4-5-10-22-21(23)11-14(2)16-12-17-15-8-6-7-9-18(15)25-20(17)13-19(16)24-3/h11-13H,4-10H2,1-3H3,(H,22,23)/b14-11+. The van der Waals surface area contributed by atoms with Crippen LogP contribution in [-0.4, -0.2) is 19.6 Å². The molecule has 0 radical (unpaired) electrons. The number of carbonyl (C=O) groups is 1. The zero-order valence-electron chi connectivity index (χ0n) is 15.4. The van der Waals surface area contributed by atoms with Crippen LogP contribution in [0.1, 0.15) is 56.4 Å². The fourth-order valence-corrected chi connectivity index (χ4v) is 3.48. The Labute approximate surface area is 149 Å². The van der Waals surface area contributed by atoms with Crippen molar-refractivity contribution in [2.75, 3.05) is 13.7 Å². The lowest BCUT2D eigenvalue weighted by atomic mass is 9.94. The molecule has 25 heavy (non-hydrogen) atoms. The maximum atomic E-state index is 12.1. The Kier molecular flexibility index (Phi) is 5.47. The number of fused-ring (bicyclic) bond motifs is 3. The van der Waals surface area contributed by atoms with Crippen LogP contribution in [0.25, 0.3) is 16.5 Å². The Balaban J connectivity index is 1.95. The van der Waals surface area contributed by atoms with E-state index in [1.165, 1.54) is 18.4 Å². The monoisotopic (exact) mass is 341 g/mol. The second kappa shape index (κ2) is 7.77. The van der Waals surface area contributed by atoms with Gasteiger partial charge in [-0.05, 0) is 44.2 Å². The summed E-state index contributed by atoms with van der Waals surface area (Å²) in [6, 6.07) is 4.07. The number of hydrogen-bond donors (Lipinski definition) is 1. The van der Waals surface area contributed by atoms with Gasteiger partial charge in [-0.1, -0.05) is 13.3 Å². The van der Waals surface area contributed by atoms with Gasteiger partial charge in [0.1, 0.15) is 17.1 Å². The van der Waals surface area contributed by atoms with Gasteiger partial charge in [-0.25, -0.2) is 0 Å². The number of ether oxygens (including phenoxy) is 1. The van der Waals surface area contributed by atoms with Crippen molar-refractivity contribution >= 4 is 22.4 Å². The minimum absolute atomic E-state index is 0.0534. The molecule has 1 amide bonds. The Hall–Kier alpha value is -2.23. The largest absolute Gasteiger partial charge is 0.496 e. The molecule has 0 bridgehead atoms. The topological polar surface area (TPSA) is 51.5 Å². The first kappa shape index (κ1) is 17.6. The molecule has 1 aromatic carbocycles. The summed E-state index contributed by atoms with van der Waals surface area (Å²) in [5.74, 6) is 1.80. The van der Waals surface area contributed by atoms with Crippen molar-refractivity contribution in [2.24, 2.45) is 0 Å². The highest BCUT2D eigenvalue weighted by Gasteiger charge is 2.20. The van der Waals surface area contributed by atoms with Crippen molar-refractivity contribution in [3.05, 3.63) is 35.1 Å². The number of benzene rings is 1. The van der Waals surface area contributed by atoms with Crippen LogP contribution in [-0.2, 0) is 17.6 Å². The minimum Gasteiger partial charge on any atom is -0.496 e. The predicted octanol–water partition coefficient (Wildman–Crippen LogP) is 4.64. The Morgan fingerprint density at radius 1 is 1.32 bits per heavy atom. The van der Waals surface area contributed by atoms with E-state index >= 15 is 0 Å². The molecule has 2 aromatic rings. The van der Waals surface area contributed by atoms with Crippen molar-refractivity contribution < 1.29 is 13.9 Å². The smallest absolute Gasteiger partial charge is 0.244 e. The third kappa shape index (κ3) is 3.73. The molecule has 0 unspecified atom stereocenters.